The molecule has 0 spiro atoms. The maximum atomic E-state index is 13.4. The largest absolute Gasteiger partial charge is 0.454 e. The molecular weight excluding hydrogens is 931 g/mol. The number of esters is 1. The average Bonchev–Trinajstić information content (AvgIpc) is 3.40. The van der Waals surface area contributed by atoms with Crippen molar-refractivity contribution in [3.05, 3.63) is 72.9 Å². The van der Waals surface area contributed by atoms with Crippen LogP contribution in [0.2, 0.25) is 0 Å². The molecule has 0 bridgehead atoms. The number of hydrogen-bond acceptors (Lipinski definition) is 10. The summed E-state index contributed by atoms with van der Waals surface area (Å²) in [4.78, 5) is 26.5. The van der Waals surface area contributed by atoms with E-state index in [1.807, 2.05) is 6.08 Å². The van der Waals surface area contributed by atoms with Gasteiger partial charge in [-0.1, -0.05) is 248 Å². The highest BCUT2D eigenvalue weighted by Gasteiger charge is 2.47. The number of ether oxygens (including phenoxy) is 3. The summed E-state index contributed by atoms with van der Waals surface area (Å²) in [5.74, 6) is -1.21. The van der Waals surface area contributed by atoms with E-state index in [9.17, 15) is 35.1 Å². The molecular formula is C63H111NO10. The summed E-state index contributed by atoms with van der Waals surface area (Å²) >= 11 is 0. The van der Waals surface area contributed by atoms with Gasteiger partial charge in [0.05, 0.1) is 25.4 Å². The molecule has 1 saturated heterocycles. The van der Waals surface area contributed by atoms with Gasteiger partial charge in [-0.3, -0.25) is 9.59 Å². The van der Waals surface area contributed by atoms with Crippen molar-refractivity contribution < 1.29 is 49.3 Å². The molecule has 1 rings (SSSR count). The van der Waals surface area contributed by atoms with Gasteiger partial charge in [-0.15, -0.1) is 0 Å². The lowest BCUT2D eigenvalue weighted by atomic mass is 9.99. The number of unbranched alkanes of at least 4 members (excludes halogenated alkanes) is 26. The fourth-order valence-electron chi connectivity index (χ4n) is 9.09. The van der Waals surface area contributed by atoms with Gasteiger partial charge in [-0.25, -0.2) is 0 Å². The van der Waals surface area contributed by atoms with E-state index < -0.39 is 67.4 Å². The standard InChI is InChI=1S/C63H111NO10/c1-4-7-10-13-16-19-22-25-26-27-28-29-30-31-32-33-36-39-42-45-48-51-58(68)74-61-60(70)59(69)57(52-65)73-63(61)72-53-54(55(66)49-46-43-40-37-34-23-20-17-14-11-8-5-2)64-62(71)56(67)50-47-44-41-38-35-24-21-18-15-12-9-6-3/h7,10,16,19,25-26,28-29,31-32,46,49,54-57,59-61,63,65-67,69-70H,4-6,8-9,11-15,17-18,20-24,27,30,33-45,47-48,50-53H2,1-3H3,(H,64,71)/b10-7-,19-16-,26-25-,29-28-,32-31-,49-46+. The second kappa shape index (κ2) is 50.9. The van der Waals surface area contributed by atoms with Crippen LogP contribution in [0, 0.1) is 0 Å². The smallest absolute Gasteiger partial charge is 0.306 e. The number of nitrogens with one attached hydrogen (secondary N) is 1. The minimum absolute atomic E-state index is 0.0998. The molecule has 1 amide bonds. The van der Waals surface area contributed by atoms with E-state index in [0.29, 0.717) is 19.3 Å². The van der Waals surface area contributed by atoms with E-state index in [0.717, 1.165) is 103 Å². The van der Waals surface area contributed by atoms with Crippen LogP contribution in [-0.2, 0) is 23.8 Å². The molecule has 428 valence electrons. The lowest BCUT2D eigenvalue weighted by Gasteiger charge is -2.41. The van der Waals surface area contributed by atoms with Gasteiger partial charge in [-0.2, -0.15) is 0 Å². The molecule has 8 unspecified atom stereocenters. The molecule has 0 aromatic heterocycles. The molecule has 8 atom stereocenters. The summed E-state index contributed by atoms with van der Waals surface area (Å²) in [7, 11) is 0. The van der Waals surface area contributed by atoms with Crippen molar-refractivity contribution >= 4 is 11.9 Å². The van der Waals surface area contributed by atoms with Crippen LogP contribution in [-0.4, -0.2) is 99.6 Å². The number of allylic oxidation sites excluding steroid dienone is 11. The number of carbonyl (C=O) groups is 2. The zero-order valence-electron chi connectivity index (χ0n) is 47.2. The van der Waals surface area contributed by atoms with Gasteiger partial charge in [0, 0.05) is 6.42 Å². The summed E-state index contributed by atoms with van der Waals surface area (Å²) in [6, 6.07) is -1.03. The third-order valence-electron chi connectivity index (χ3n) is 13.9. The number of aliphatic hydroxyl groups excluding tert-OH is 5. The Bertz CT molecular complexity index is 1480. The Morgan fingerprint density at radius 2 is 0.973 bits per heavy atom. The highest BCUT2D eigenvalue weighted by Crippen LogP contribution is 2.26. The molecule has 1 aliphatic rings. The predicted molar refractivity (Wildman–Crippen MR) is 306 cm³/mol. The first kappa shape index (κ1) is 69.1. The minimum Gasteiger partial charge on any atom is -0.454 e. The molecule has 0 aromatic rings. The van der Waals surface area contributed by atoms with E-state index in [4.69, 9.17) is 14.2 Å². The van der Waals surface area contributed by atoms with Gasteiger partial charge in [0.2, 0.25) is 5.91 Å². The normalized spacial score (nSPS) is 19.8. The monoisotopic (exact) mass is 1040 g/mol. The zero-order valence-corrected chi connectivity index (χ0v) is 47.2. The molecule has 74 heavy (non-hydrogen) atoms. The SMILES string of the molecule is CC/C=C\C/C=C\C/C=C\C/C=C\C/C=C\CCCCCCCC(=O)OC1C(OCC(NC(=O)C(O)CCCCCCCCCCCCCC)C(O)/C=C/CCCCCCCCCCCC)OC(CO)C(O)C1O. The number of rotatable bonds is 50. The van der Waals surface area contributed by atoms with Crippen LogP contribution in [0.5, 0.6) is 0 Å². The second-order valence-electron chi connectivity index (χ2n) is 20.7. The third kappa shape index (κ3) is 38.6. The quantitative estimate of drug-likeness (QED) is 0.0195. The predicted octanol–water partition coefficient (Wildman–Crippen LogP) is 14.0. The first-order valence-corrected chi connectivity index (χ1v) is 30.2. The van der Waals surface area contributed by atoms with Gasteiger partial charge >= 0.3 is 5.97 Å². The van der Waals surface area contributed by atoms with Crippen LogP contribution in [0.15, 0.2) is 72.9 Å². The van der Waals surface area contributed by atoms with E-state index in [2.05, 4.69) is 86.8 Å². The Morgan fingerprint density at radius 3 is 1.46 bits per heavy atom. The van der Waals surface area contributed by atoms with E-state index >= 15 is 0 Å². The highest BCUT2D eigenvalue weighted by atomic mass is 16.7. The third-order valence-corrected chi connectivity index (χ3v) is 13.9. The maximum Gasteiger partial charge on any atom is 0.306 e. The van der Waals surface area contributed by atoms with Gasteiger partial charge in [0.1, 0.15) is 24.4 Å². The first-order valence-electron chi connectivity index (χ1n) is 30.2. The highest BCUT2D eigenvalue weighted by molar-refractivity contribution is 5.80. The van der Waals surface area contributed by atoms with Crippen molar-refractivity contribution in [2.45, 2.75) is 301 Å². The molecule has 6 N–H and O–H groups in total. The van der Waals surface area contributed by atoms with Crippen molar-refractivity contribution in [2.75, 3.05) is 13.2 Å². The molecule has 0 saturated carbocycles. The molecule has 0 radical (unpaired) electrons. The molecule has 1 heterocycles. The van der Waals surface area contributed by atoms with E-state index in [1.165, 1.54) is 103 Å². The topological polar surface area (TPSA) is 175 Å². The number of aliphatic hydroxyl groups is 5. The maximum absolute atomic E-state index is 13.4. The van der Waals surface area contributed by atoms with Crippen molar-refractivity contribution in [1.82, 2.24) is 5.32 Å². The average molecular weight is 1040 g/mol. The van der Waals surface area contributed by atoms with E-state index in [1.54, 1.807) is 6.08 Å². The summed E-state index contributed by atoms with van der Waals surface area (Å²) in [5.41, 5.74) is 0. The van der Waals surface area contributed by atoms with E-state index in [-0.39, 0.29) is 13.0 Å². The van der Waals surface area contributed by atoms with Crippen LogP contribution in [0.3, 0.4) is 0 Å². The van der Waals surface area contributed by atoms with Crippen molar-refractivity contribution in [1.29, 1.82) is 0 Å². The van der Waals surface area contributed by atoms with Gasteiger partial charge in [0.15, 0.2) is 12.4 Å². The van der Waals surface area contributed by atoms with Crippen LogP contribution < -0.4 is 5.32 Å². The lowest BCUT2D eigenvalue weighted by Crippen LogP contribution is -2.61. The molecule has 0 aromatic carbocycles. The molecule has 11 heteroatoms. The number of amides is 1. The molecule has 0 aliphatic carbocycles. The fourth-order valence-corrected chi connectivity index (χ4v) is 9.09. The molecule has 1 fully saturated rings. The van der Waals surface area contributed by atoms with Crippen molar-refractivity contribution in [3.63, 3.8) is 0 Å². The summed E-state index contributed by atoms with van der Waals surface area (Å²) in [6.45, 7) is 5.65. The molecule has 11 nitrogen and oxygen atoms in total. The Balaban J connectivity index is 2.69. The van der Waals surface area contributed by atoms with Crippen LogP contribution in [0.1, 0.15) is 252 Å². The first-order chi connectivity index (χ1) is 36.2. The number of hydrogen-bond donors (Lipinski definition) is 6. The summed E-state index contributed by atoms with van der Waals surface area (Å²) < 4.78 is 17.6. The second-order valence-corrected chi connectivity index (χ2v) is 20.7. The summed E-state index contributed by atoms with van der Waals surface area (Å²) in [6.07, 6.45) is 53.7. The van der Waals surface area contributed by atoms with Gasteiger partial charge < -0.3 is 45.1 Å². The van der Waals surface area contributed by atoms with Gasteiger partial charge in [-0.05, 0) is 70.6 Å². The minimum atomic E-state index is -1.62. The van der Waals surface area contributed by atoms with Gasteiger partial charge in [0.25, 0.3) is 0 Å². The Kier molecular flexibility index (Phi) is 47.5. The van der Waals surface area contributed by atoms with Crippen LogP contribution in [0.25, 0.3) is 0 Å². The Labute approximate surface area is 451 Å². The Hall–Kier alpha value is -2.90. The lowest BCUT2D eigenvalue weighted by molar-refractivity contribution is -0.305. The molecule has 1 aliphatic heterocycles. The fraction of sp³-hybridized carbons (Fsp3) is 0.778. The van der Waals surface area contributed by atoms with Crippen LogP contribution in [0.4, 0.5) is 0 Å². The summed E-state index contributed by atoms with van der Waals surface area (Å²) in [5, 5.41) is 56.9. The van der Waals surface area contributed by atoms with Crippen molar-refractivity contribution in [3.8, 4) is 0 Å². The zero-order chi connectivity index (χ0) is 54.0. The Morgan fingerprint density at radius 1 is 0.541 bits per heavy atom. The van der Waals surface area contributed by atoms with Crippen molar-refractivity contribution in [2.24, 2.45) is 0 Å². The number of carbonyl (C=O) groups excluding carboxylic acids is 2. The van der Waals surface area contributed by atoms with Crippen LogP contribution >= 0.6 is 0 Å².